The fourth-order valence-electron chi connectivity index (χ4n) is 2.57. The van der Waals surface area contributed by atoms with E-state index in [1.807, 2.05) is 25.1 Å². The molecule has 0 aliphatic carbocycles. The molecule has 1 heterocycles. The van der Waals surface area contributed by atoms with Gasteiger partial charge >= 0.3 is 0 Å². The Bertz CT molecular complexity index is 1090. The van der Waals surface area contributed by atoms with Gasteiger partial charge in [0.15, 0.2) is 0 Å². The Hall–Kier alpha value is -3.38. The smallest absolute Gasteiger partial charge is 0.293 e. The summed E-state index contributed by atoms with van der Waals surface area (Å²) in [5, 5.41) is 14.3. The Balaban J connectivity index is 1.73. The number of nitrogens with zero attached hydrogens (tertiary/aromatic N) is 1. The molecule has 3 aromatic rings. The number of halogens is 1. The molecule has 0 aliphatic heterocycles. The van der Waals surface area contributed by atoms with Gasteiger partial charge in [-0.15, -0.1) is 0 Å². The van der Waals surface area contributed by atoms with E-state index in [9.17, 15) is 14.9 Å². The minimum atomic E-state index is -0.530. The zero-order valence-electron chi connectivity index (χ0n) is 15.2. The molecule has 0 bridgehead atoms. The summed E-state index contributed by atoms with van der Waals surface area (Å²) in [4.78, 5) is 22.7. The third kappa shape index (κ3) is 4.47. The van der Waals surface area contributed by atoms with Crippen molar-refractivity contribution < 1.29 is 14.1 Å². The molecular weight excluding hydrogens is 380 g/mol. The number of hydrogen-bond acceptors (Lipinski definition) is 4. The third-order valence-electron chi connectivity index (χ3n) is 4.09. The monoisotopic (exact) mass is 396 g/mol. The Morgan fingerprint density at radius 2 is 1.93 bits per heavy atom. The first kappa shape index (κ1) is 19.4. The van der Waals surface area contributed by atoms with Gasteiger partial charge in [0.25, 0.3) is 5.69 Å². The molecule has 7 heteroatoms. The molecule has 0 saturated heterocycles. The second-order valence-corrected chi connectivity index (χ2v) is 6.67. The van der Waals surface area contributed by atoms with Crippen molar-refractivity contribution in [2.45, 2.75) is 13.8 Å². The minimum absolute atomic E-state index is 0.139. The second kappa shape index (κ2) is 8.10. The number of hydrogen-bond donors (Lipinski definition) is 1. The molecule has 3 rings (SSSR count). The summed E-state index contributed by atoms with van der Waals surface area (Å²) >= 11 is 6.14. The van der Waals surface area contributed by atoms with E-state index in [1.165, 1.54) is 24.3 Å². The van der Waals surface area contributed by atoms with Crippen molar-refractivity contribution in [1.29, 1.82) is 0 Å². The SMILES string of the molecule is Cc1ccc(NC(=O)/C=C/c2ccc(-c3ccc(C)c(Cl)c3)o2)c([N+](=O)[O-])c1. The summed E-state index contributed by atoms with van der Waals surface area (Å²) in [6, 6.07) is 13.7. The van der Waals surface area contributed by atoms with Crippen LogP contribution in [0.25, 0.3) is 17.4 Å². The quantitative estimate of drug-likeness (QED) is 0.336. The number of furan rings is 1. The van der Waals surface area contributed by atoms with Crippen LogP contribution in [-0.2, 0) is 4.79 Å². The molecule has 0 saturated carbocycles. The summed E-state index contributed by atoms with van der Waals surface area (Å²) in [5.41, 5.74) is 2.52. The van der Waals surface area contributed by atoms with E-state index < -0.39 is 10.8 Å². The van der Waals surface area contributed by atoms with E-state index in [0.717, 1.165) is 16.7 Å². The fourth-order valence-corrected chi connectivity index (χ4v) is 2.75. The van der Waals surface area contributed by atoms with Gasteiger partial charge < -0.3 is 9.73 Å². The zero-order valence-corrected chi connectivity index (χ0v) is 16.0. The molecule has 0 radical (unpaired) electrons. The first-order valence-corrected chi connectivity index (χ1v) is 8.82. The maximum absolute atomic E-state index is 12.1. The van der Waals surface area contributed by atoms with E-state index in [1.54, 1.807) is 25.1 Å². The Kier molecular flexibility index (Phi) is 5.61. The molecule has 0 aliphatic rings. The molecule has 0 unspecified atom stereocenters. The highest BCUT2D eigenvalue weighted by Crippen LogP contribution is 2.28. The predicted molar refractivity (Wildman–Crippen MR) is 109 cm³/mol. The average molecular weight is 397 g/mol. The van der Waals surface area contributed by atoms with Crippen molar-refractivity contribution in [2.24, 2.45) is 0 Å². The average Bonchev–Trinajstić information content (AvgIpc) is 3.12. The summed E-state index contributed by atoms with van der Waals surface area (Å²) in [7, 11) is 0. The number of nitro groups is 1. The van der Waals surface area contributed by atoms with Crippen molar-refractivity contribution in [2.75, 3.05) is 5.32 Å². The first-order chi connectivity index (χ1) is 13.3. The van der Waals surface area contributed by atoms with E-state index >= 15 is 0 Å². The molecule has 1 N–H and O–H groups in total. The van der Waals surface area contributed by atoms with E-state index in [0.29, 0.717) is 16.5 Å². The maximum atomic E-state index is 12.1. The van der Waals surface area contributed by atoms with Gasteiger partial charge in [-0.05, 0) is 55.3 Å². The van der Waals surface area contributed by atoms with Crippen LogP contribution in [-0.4, -0.2) is 10.8 Å². The van der Waals surface area contributed by atoms with Crippen LogP contribution < -0.4 is 5.32 Å². The van der Waals surface area contributed by atoms with Crippen molar-refractivity contribution in [3.05, 3.63) is 86.6 Å². The van der Waals surface area contributed by atoms with Crippen LogP contribution in [0, 0.1) is 24.0 Å². The summed E-state index contributed by atoms with van der Waals surface area (Å²) in [6.45, 7) is 3.66. The number of benzene rings is 2. The van der Waals surface area contributed by atoms with Crippen molar-refractivity contribution in [3.8, 4) is 11.3 Å². The Morgan fingerprint density at radius 1 is 1.14 bits per heavy atom. The molecule has 142 valence electrons. The lowest BCUT2D eigenvalue weighted by Crippen LogP contribution is -2.09. The van der Waals surface area contributed by atoms with Crippen molar-refractivity contribution in [3.63, 3.8) is 0 Å². The molecule has 0 fully saturated rings. The van der Waals surface area contributed by atoms with Crippen LogP contribution in [0.2, 0.25) is 5.02 Å². The molecule has 1 amide bonds. The summed E-state index contributed by atoms with van der Waals surface area (Å²) < 4.78 is 5.71. The van der Waals surface area contributed by atoms with Gasteiger partial charge in [-0.25, -0.2) is 0 Å². The maximum Gasteiger partial charge on any atom is 0.293 e. The van der Waals surface area contributed by atoms with Gasteiger partial charge in [0.2, 0.25) is 5.91 Å². The summed E-state index contributed by atoms with van der Waals surface area (Å²) in [5.74, 6) is 0.597. The fraction of sp³-hybridized carbons (Fsp3) is 0.0952. The number of carbonyl (C=O) groups excluding carboxylic acids is 1. The normalized spacial score (nSPS) is 11.0. The molecule has 1 aromatic heterocycles. The van der Waals surface area contributed by atoms with Crippen LogP contribution in [0.5, 0.6) is 0 Å². The Morgan fingerprint density at radius 3 is 2.64 bits per heavy atom. The highest BCUT2D eigenvalue weighted by Gasteiger charge is 2.15. The lowest BCUT2D eigenvalue weighted by atomic mass is 10.1. The zero-order chi connectivity index (χ0) is 20.3. The number of rotatable bonds is 5. The molecule has 0 atom stereocenters. The van der Waals surface area contributed by atoms with Crippen molar-refractivity contribution in [1.82, 2.24) is 0 Å². The van der Waals surface area contributed by atoms with Crippen LogP contribution in [0.1, 0.15) is 16.9 Å². The van der Waals surface area contributed by atoms with Gasteiger partial charge in [0.05, 0.1) is 4.92 Å². The largest absolute Gasteiger partial charge is 0.457 e. The lowest BCUT2D eigenvalue weighted by molar-refractivity contribution is -0.384. The van der Waals surface area contributed by atoms with Crippen LogP contribution in [0.3, 0.4) is 0 Å². The van der Waals surface area contributed by atoms with Crippen molar-refractivity contribution >= 4 is 35.0 Å². The van der Waals surface area contributed by atoms with Crippen LogP contribution in [0.4, 0.5) is 11.4 Å². The van der Waals surface area contributed by atoms with Gasteiger partial charge in [-0.2, -0.15) is 0 Å². The number of carbonyl (C=O) groups is 1. The lowest BCUT2D eigenvalue weighted by Gasteiger charge is -2.04. The third-order valence-corrected chi connectivity index (χ3v) is 4.50. The standard InChI is InChI=1S/C21H17ClN2O4/c1-13-3-8-18(19(11-13)24(26)27)23-21(25)10-7-16-6-9-20(28-16)15-5-4-14(2)17(22)12-15/h3-12H,1-2H3,(H,23,25)/b10-7+. The molecule has 0 spiro atoms. The van der Waals surface area contributed by atoms with Gasteiger partial charge in [0, 0.05) is 22.7 Å². The van der Waals surface area contributed by atoms with Gasteiger partial charge in [-0.1, -0.05) is 29.8 Å². The number of amides is 1. The highest BCUT2D eigenvalue weighted by atomic mass is 35.5. The van der Waals surface area contributed by atoms with E-state index in [-0.39, 0.29) is 11.4 Å². The second-order valence-electron chi connectivity index (χ2n) is 6.27. The number of anilines is 1. The predicted octanol–water partition coefficient (Wildman–Crippen LogP) is 5.78. The molecule has 2 aromatic carbocycles. The first-order valence-electron chi connectivity index (χ1n) is 8.44. The number of nitrogens with one attached hydrogen (secondary N) is 1. The van der Waals surface area contributed by atoms with E-state index in [2.05, 4.69) is 5.32 Å². The van der Waals surface area contributed by atoms with Crippen LogP contribution >= 0.6 is 11.6 Å². The number of aryl methyl sites for hydroxylation is 2. The van der Waals surface area contributed by atoms with E-state index in [4.69, 9.17) is 16.0 Å². The molecule has 6 nitrogen and oxygen atoms in total. The highest BCUT2D eigenvalue weighted by molar-refractivity contribution is 6.31. The Labute approximate surface area is 166 Å². The number of nitro benzene ring substituents is 1. The van der Waals surface area contributed by atoms with Gasteiger partial charge in [-0.3, -0.25) is 14.9 Å². The topological polar surface area (TPSA) is 85.4 Å². The van der Waals surface area contributed by atoms with Gasteiger partial charge in [0.1, 0.15) is 17.2 Å². The molecule has 28 heavy (non-hydrogen) atoms. The van der Waals surface area contributed by atoms with Crippen LogP contribution in [0.15, 0.2) is 59.0 Å². The minimum Gasteiger partial charge on any atom is -0.457 e. The summed E-state index contributed by atoms with van der Waals surface area (Å²) in [6.07, 6.45) is 2.75. The molecular formula is C21H17ClN2O4.